The van der Waals surface area contributed by atoms with Crippen LogP contribution in [0.25, 0.3) is 0 Å². The van der Waals surface area contributed by atoms with E-state index >= 15 is 0 Å². The van der Waals surface area contributed by atoms with Gasteiger partial charge < -0.3 is 16.2 Å². The van der Waals surface area contributed by atoms with E-state index in [2.05, 4.69) is 22.2 Å². The van der Waals surface area contributed by atoms with Crippen LogP contribution in [-0.2, 0) is 0 Å². The van der Waals surface area contributed by atoms with Gasteiger partial charge in [0.05, 0.1) is 18.0 Å². The molecule has 2 rings (SSSR count). The molecule has 17 heavy (non-hydrogen) atoms. The van der Waals surface area contributed by atoms with Crippen molar-refractivity contribution in [1.29, 1.82) is 0 Å². The van der Waals surface area contributed by atoms with Crippen molar-refractivity contribution < 1.29 is 5.11 Å². The van der Waals surface area contributed by atoms with Gasteiger partial charge in [0.15, 0.2) is 0 Å². The summed E-state index contributed by atoms with van der Waals surface area (Å²) in [7, 11) is 0. The van der Waals surface area contributed by atoms with Gasteiger partial charge in [-0.1, -0.05) is 19.8 Å². The molecule has 0 bridgehead atoms. The summed E-state index contributed by atoms with van der Waals surface area (Å²) in [6.45, 7) is 2.69. The van der Waals surface area contributed by atoms with Gasteiger partial charge in [-0.2, -0.15) is 0 Å². The second-order valence-corrected chi connectivity index (χ2v) is 5.11. The van der Waals surface area contributed by atoms with Crippen LogP contribution in [0.1, 0.15) is 32.6 Å². The first-order valence-electron chi connectivity index (χ1n) is 6.11. The summed E-state index contributed by atoms with van der Waals surface area (Å²) in [6, 6.07) is 0. The van der Waals surface area contributed by atoms with Crippen LogP contribution in [-0.4, -0.2) is 27.2 Å². The van der Waals surface area contributed by atoms with E-state index in [1.165, 1.54) is 12.6 Å². The van der Waals surface area contributed by atoms with Crippen molar-refractivity contribution in [2.75, 3.05) is 17.6 Å². The van der Waals surface area contributed by atoms with Gasteiger partial charge in [0.1, 0.15) is 11.6 Å². The molecule has 1 aromatic heterocycles. The van der Waals surface area contributed by atoms with Crippen molar-refractivity contribution in [3.63, 3.8) is 0 Å². The van der Waals surface area contributed by atoms with E-state index in [-0.39, 0.29) is 0 Å². The van der Waals surface area contributed by atoms with Gasteiger partial charge in [-0.3, -0.25) is 4.98 Å². The molecule has 2 atom stereocenters. The molecule has 1 fully saturated rings. The van der Waals surface area contributed by atoms with Gasteiger partial charge in [0.2, 0.25) is 0 Å². The van der Waals surface area contributed by atoms with Crippen molar-refractivity contribution in [2.24, 2.45) is 5.92 Å². The average Bonchev–Trinajstić information content (AvgIpc) is 2.26. The Morgan fingerprint density at radius 2 is 2.41 bits per heavy atom. The molecular formula is C12H20N4O. The highest BCUT2D eigenvalue weighted by Gasteiger charge is 2.32. The molecule has 94 valence electrons. The minimum absolute atomic E-state index is 0.388. The first-order valence-corrected chi connectivity index (χ1v) is 6.11. The summed E-state index contributed by atoms with van der Waals surface area (Å²) in [5.41, 5.74) is 4.93. The van der Waals surface area contributed by atoms with Gasteiger partial charge in [0.25, 0.3) is 0 Å². The van der Waals surface area contributed by atoms with Crippen LogP contribution in [0.5, 0.6) is 0 Å². The van der Waals surface area contributed by atoms with Crippen molar-refractivity contribution >= 4 is 11.6 Å². The molecule has 1 heterocycles. The second-order valence-electron chi connectivity index (χ2n) is 5.11. The quantitative estimate of drug-likeness (QED) is 0.739. The highest BCUT2D eigenvalue weighted by molar-refractivity contribution is 5.38. The minimum Gasteiger partial charge on any atom is -0.388 e. The Morgan fingerprint density at radius 3 is 3.12 bits per heavy atom. The number of anilines is 2. The van der Waals surface area contributed by atoms with Gasteiger partial charge in [-0.15, -0.1) is 0 Å². The van der Waals surface area contributed by atoms with Gasteiger partial charge in [-0.05, 0) is 18.8 Å². The number of hydrogen-bond acceptors (Lipinski definition) is 5. The fourth-order valence-electron chi connectivity index (χ4n) is 2.51. The van der Waals surface area contributed by atoms with E-state index in [1.54, 1.807) is 6.20 Å². The molecule has 1 aliphatic rings. The maximum absolute atomic E-state index is 10.4. The summed E-state index contributed by atoms with van der Waals surface area (Å²) < 4.78 is 0. The third-order valence-electron chi connectivity index (χ3n) is 3.32. The number of nitrogen functional groups attached to an aromatic ring is 1. The van der Waals surface area contributed by atoms with Crippen LogP contribution in [0.3, 0.4) is 0 Å². The topological polar surface area (TPSA) is 84.1 Å². The molecule has 2 unspecified atom stereocenters. The zero-order valence-corrected chi connectivity index (χ0v) is 10.2. The number of nitrogens with zero attached hydrogens (tertiary/aromatic N) is 2. The number of aliphatic hydroxyl groups is 1. The van der Waals surface area contributed by atoms with E-state index < -0.39 is 5.60 Å². The Labute approximate surface area is 101 Å². The molecule has 0 radical (unpaired) electrons. The predicted molar refractivity (Wildman–Crippen MR) is 67.5 cm³/mol. The molecular weight excluding hydrogens is 216 g/mol. The molecule has 0 spiro atoms. The molecule has 5 heteroatoms. The van der Waals surface area contributed by atoms with Crippen molar-refractivity contribution in [2.45, 2.75) is 38.2 Å². The largest absolute Gasteiger partial charge is 0.388 e. The Morgan fingerprint density at radius 1 is 1.59 bits per heavy atom. The number of hydrogen-bond donors (Lipinski definition) is 3. The fraction of sp³-hybridized carbons (Fsp3) is 0.667. The maximum Gasteiger partial charge on any atom is 0.147 e. The van der Waals surface area contributed by atoms with Crippen LogP contribution in [0.15, 0.2) is 12.4 Å². The van der Waals surface area contributed by atoms with E-state index in [0.29, 0.717) is 24.1 Å². The summed E-state index contributed by atoms with van der Waals surface area (Å²) in [4.78, 5) is 8.05. The SMILES string of the molecule is CC1CCCC(O)(CNc2cncc(N)n2)C1. The van der Waals surface area contributed by atoms with E-state index in [0.717, 1.165) is 19.3 Å². The lowest BCUT2D eigenvalue weighted by Gasteiger charge is -2.35. The van der Waals surface area contributed by atoms with Gasteiger partial charge in [-0.25, -0.2) is 4.98 Å². The Hall–Kier alpha value is -1.36. The molecule has 0 amide bonds. The van der Waals surface area contributed by atoms with Crippen LogP contribution >= 0.6 is 0 Å². The molecule has 5 nitrogen and oxygen atoms in total. The number of nitrogens with one attached hydrogen (secondary N) is 1. The third kappa shape index (κ3) is 3.30. The van der Waals surface area contributed by atoms with Crippen molar-refractivity contribution in [3.8, 4) is 0 Å². The highest BCUT2D eigenvalue weighted by atomic mass is 16.3. The van der Waals surface area contributed by atoms with Crippen LogP contribution in [0.2, 0.25) is 0 Å². The minimum atomic E-state index is -0.621. The Kier molecular flexibility index (Phi) is 3.47. The summed E-state index contributed by atoms with van der Waals surface area (Å²) in [5.74, 6) is 1.60. The molecule has 0 saturated heterocycles. The normalized spacial score (nSPS) is 28.9. The maximum atomic E-state index is 10.4. The lowest BCUT2D eigenvalue weighted by molar-refractivity contribution is -0.000829. The highest BCUT2D eigenvalue weighted by Crippen LogP contribution is 2.32. The van der Waals surface area contributed by atoms with Crippen molar-refractivity contribution in [1.82, 2.24) is 9.97 Å². The van der Waals surface area contributed by atoms with E-state index in [1.807, 2.05) is 0 Å². The molecule has 4 N–H and O–H groups in total. The average molecular weight is 236 g/mol. The lowest BCUT2D eigenvalue weighted by Crippen LogP contribution is -2.41. The van der Waals surface area contributed by atoms with Crippen LogP contribution in [0, 0.1) is 5.92 Å². The Bertz CT molecular complexity index is 385. The smallest absolute Gasteiger partial charge is 0.147 e. The van der Waals surface area contributed by atoms with E-state index in [4.69, 9.17) is 5.73 Å². The van der Waals surface area contributed by atoms with Crippen molar-refractivity contribution in [3.05, 3.63) is 12.4 Å². The zero-order chi connectivity index (χ0) is 12.3. The first-order chi connectivity index (χ1) is 8.07. The second kappa shape index (κ2) is 4.87. The predicted octanol–water partition coefficient (Wildman–Crippen LogP) is 1.41. The van der Waals surface area contributed by atoms with Gasteiger partial charge >= 0.3 is 0 Å². The van der Waals surface area contributed by atoms with Gasteiger partial charge in [0, 0.05) is 6.54 Å². The monoisotopic (exact) mass is 236 g/mol. The zero-order valence-electron chi connectivity index (χ0n) is 10.2. The van der Waals surface area contributed by atoms with E-state index in [9.17, 15) is 5.11 Å². The van der Waals surface area contributed by atoms with Crippen LogP contribution < -0.4 is 11.1 Å². The molecule has 1 aromatic rings. The number of aromatic nitrogens is 2. The fourth-order valence-corrected chi connectivity index (χ4v) is 2.51. The molecule has 0 aliphatic heterocycles. The first kappa shape index (κ1) is 12.1. The number of nitrogens with two attached hydrogens (primary N) is 1. The molecule has 0 aromatic carbocycles. The van der Waals surface area contributed by atoms with Crippen LogP contribution in [0.4, 0.5) is 11.6 Å². The molecule has 1 aliphatic carbocycles. The third-order valence-corrected chi connectivity index (χ3v) is 3.32. The summed E-state index contributed by atoms with van der Waals surface area (Å²) in [6.07, 6.45) is 7.10. The summed E-state index contributed by atoms with van der Waals surface area (Å²) >= 11 is 0. The number of rotatable bonds is 3. The standard InChI is InChI=1S/C12H20N4O/c1-9-3-2-4-12(17,5-9)8-15-11-7-14-6-10(13)16-11/h6-7,9,17H,2-5,8H2,1H3,(H3,13,15,16). The Balaban J connectivity index is 1.93. The summed E-state index contributed by atoms with van der Waals surface area (Å²) in [5, 5.41) is 13.5. The molecule has 1 saturated carbocycles. The lowest BCUT2D eigenvalue weighted by atomic mass is 9.79.